The van der Waals surface area contributed by atoms with Gasteiger partial charge in [-0.2, -0.15) is 0 Å². The lowest BCUT2D eigenvalue weighted by Crippen LogP contribution is -2.00. The van der Waals surface area contributed by atoms with Crippen molar-refractivity contribution in [2.75, 3.05) is 12.4 Å². The number of furan rings is 1. The van der Waals surface area contributed by atoms with Crippen molar-refractivity contribution >= 4 is 5.69 Å². The third-order valence-electron chi connectivity index (χ3n) is 2.20. The van der Waals surface area contributed by atoms with Crippen LogP contribution in [-0.2, 0) is 6.54 Å². The van der Waals surface area contributed by atoms with Crippen LogP contribution in [0, 0.1) is 5.82 Å². The van der Waals surface area contributed by atoms with E-state index in [1.807, 2.05) is 12.1 Å². The molecule has 1 aromatic heterocycles. The van der Waals surface area contributed by atoms with Gasteiger partial charge in [-0.3, -0.25) is 0 Å². The van der Waals surface area contributed by atoms with Gasteiger partial charge in [-0.1, -0.05) is 0 Å². The molecule has 0 bridgehead atoms. The van der Waals surface area contributed by atoms with Gasteiger partial charge in [0.2, 0.25) is 0 Å². The lowest BCUT2D eigenvalue weighted by molar-refractivity contribution is 0.412. The van der Waals surface area contributed by atoms with Crippen molar-refractivity contribution in [3.05, 3.63) is 48.2 Å². The molecule has 0 aliphatic heterocycles. The molecule has 0 unspecified atom stereocenters. The van der Waals surface area contributed by atoms with E-state index in [4.69, 9.17) is 9.15 Å². The molecule has 0 aliphatic carbocycles. The number of hydrogen-bond donors (Lipinski definition) is 1. The predicted octanol–water partition coefficient (Wildman–Crippen LogP) is 3.04. The molecule has 84 valence electrons. The fraction of sp³-hybridized carbons (Fsp3) is 0.167. The lowest BCUT2D eigenvalue weighted by atomic mass is 10.2. The molecule has 1 aromatic carbocycles. The highest BCUT2D eigenvalue weighted by Gasteiger charge is 2.04. The molecule has 2 aromatic rings. The molecule has 0 saturated carbocycles. The van der Waals surface area contributed by atoms with Crippen molar-refractivity contribution in [2.24, 2.45) is 0 Å². The third-order valence-corrected chi connectivity index (χ3v) is 2.20. The van der Waals surface area contributed by atoms with Crippen LogP contribution in [0.2, 0.25) is 0 Å². The van der Waals surface area contributed by atoms with E-state index in [0.717, 1.165) is 11.4 Å². The van der Waals surface area contributed by atoms with Gasteiger partial charge in [0.15, 0.2) is 0 Å². The number of hydrogen-bond acceptors (Lipinski definition) is 3. The first-order valence-corrected chi connectivity index (χ1v) is 4.89. The Kier molecular flexibility index (Phi) is 3.10. The van der Waals surface area contributed by atoms with Gasteiger partial charge >= 0.3 is 0 Å². The van der Waals surface area contributed by atoms with Crippen molar-refractivity contribution in [3.8, 4) is 5.75 Å². The zero-order valence-electron chi connectivity index (χ0n) is 8.87. The maximum atomic E-state index is 12.9. The summed E-state index contributed by atoms with van der Waals surface area (Å²) >= 11 is 0. The van der Waals surface area contributed by atoms with Crippen LogP contribution in [0.5, 0.6) is 5.75 Å². The molecule has 0 aliphatic rings. The smallest absolute Gasteiger partial charge is 0.144 e. The monoisotopic (exact) mass is 221 g/mol. The Balaban J connectivity index is 2.09. The van der Waals surface area contributed by atoms with Gasteiger partial charge in [0.25, 0.3) is 0 Å². The summed E-state index contributed by atoms with van der Waals surface area (Å²) in [5, 5.41) is 3.11. The molecular weight excluding hydrogens is 209 g/mol. The molecule has 0 amide bonds. The Morgan fingerprint density at radius 1 is 1.38 bits per heavy atom. The zero-order chi connectivity index (χ0) is 11.4. The normalized spacial score (nSPS) is 10.1. The minimum atomic E-state index is -0.319. The second kappa shape index (κ2) is 4.70. The molecule has 0 spiro atoms. The van der Waals surface area contributed by atoms with E-state index in [1.54, 1.807) is 12.3 Å². The average Bonchev–Trinajstić information content (AvgIpc) is 2.80. The van der Waals surface area contributed by atoms with Gasteiger partial charge in [-0.25, -0.2) is 4.39 Å². The summed E-state index contributed by atoms with van der Waals surface area (Å²) in [7, 11) is 1.51. The number of benzene rings is 1. The van der Waals surface area contributed by atoms with E-state index in [2.05, 4.69) is 5.32 Å². The Hall–Kier alpha value is -1.97. The maximum Gasteiger partial charge on any atom is 0.144 e. The highest BCUT2D eigenvalue weighted by atomic mass is 19.1. The first-order valence-electron chi connectivity index (χ1n) is 4.89. The maximum absolute atomic E-state index is 12.9. The Labute approximate surface area is 92.8 Å². The molecule has 0 radical (unpaired) electrons. The molecule has 16 heavy (non-hydrogen) atoms. The Morgan fingerprint density at radius 2 is 2.25 bits per heavy atom. The summed E-state index contributed by atoms with van der Waals surface area (Å²) in [6.07, 6.45) is 1.61. The van der Waals surface area contributed by atoms with Gasteiger partial charge in [-0.05, 0) is 24.3 Å². The van der Waals surface area contributed by atoms with E-state index in [1.165, 1.54) is 19.2 Å². The molecule has 0 atom stereocenters. The van der Waals surface area contributed by atoms with E-state index < -0.39 is 0 Å². The topological polar surface area (TPSA) is 34.4 Å². The zero-order valence-corrected chi connectivity index (χ0v) is 8.87. The second-order valence-corrected chi connectivity index (χ2v) is 3.28. The molecule has 1 N–H and O–H groups in total. The molecule has 2 rings (SSSR count). The van der Waals surface area contributed by atoms with Crippen LogP contribution in [0.4, 0.5) is 10.1 Å². The summed E-state index contributed by atoms with van der Waals surface area (Å²) < 4.78 is 23.2. The fourth-order valence-electron chi connectivity index (χ4n) is 1.41. The average molecular weight is 221 g/mol. The first kappa shape index (κ1) is 10.5. The summed E-state index contributed by atoms with van der Waals surface area (Å²) in [6, 6.07) is 8.04. The predicted molar refractivity (Wildman–Crippen MR) is 59.0 cm³/mol. The molecule has 0 fully saturated rings. The third kappa shape index (κ3) is 2.34. The molecule has 1 heterocycles. The molecular formula is C12H12FNO2. The van der Waals surface area contributed by atoms with Crippen molar-refractivity contribution in [1.29, 1.82) is 0 Å². The summed E-state index contributed by atoms with van der Waals surface area (Å²) in [4.78, 5) is 0. The number of ether oxygens (including phenoxy) is 1. The van der Waals surface area contributed by atoms with Crippen molar-refractivity contribution < 1.29 is 13.5 Å². The van der Waals surface area contributed by atoms with Crippen LogP contribution < -0.4 is 10.1 Å². The number of methoxy groups -OCH3 is 1. The Morgan fingerprint density at radius 3 is 2.94 bits per heavy atom. The van der Waals surface area contributed by atoms with E-state index >= 15 is 0 Å². The van der Waals surface area contributed by atoms with Crippen molar-refractivity contribution in [2.45, 2.75) is 6.54 Å². The molecule has 3 nitrogen and oxygen atoms in total. The van der Waals surface area contributed by atoms with Crippen molar-refractivity contribution in [1.82, 2.24) is 0 Å². The van der Waals surface area contributed by atoms with Crippen LogP contribution >= 0.6 is 0 Å². The van der Waals surface area contributed by atoms with Gasteiger partial charge < -0.3 is 14.5 Å². The van der Waals surface area contributed by atoms with E-state index in [9.17, 15) is 4.39 Å². The standard InChI is InChI=1S/C12H12FNO2/c1-15-12-7-9(13)4-5-11(12)14-8-10-3-2-6-16-10/h2-7,14H,8H2,1H3. The van der Waals surface area contributed by atoms with E-state index in [-0.39, 0.29) is 5.82 Å². The number of halogens is 1. The summed E-state index contributed by atoms with van der Waals surface area (Å²) in [6.45, 7) is 0.537. The summed E-state index contributed by atoms with van der Waals surface area (Å²) in [5.41, 5.74) is 0.736. The minimum Gasteiger partial charge on any atom is -0.494 e. The van der Waals surface area contributed by atoms with Crippen LogP contribution in [0.3, 0.4) is 0 Å². The van der Waals surface area contributed by atoms with Crippen molar-refractivity contribution in [3.63, 3.8) is 0 Å². The SMILES string of the molecule is COc1cc(F)ccc1NCc1ccco1. The fourth-order valence-corrected chi connectivity index (χ4v) is 1.41. The van der Waals surface area contributed by atoms with Gasteiger partial charge in [0.05, 0.1) is 25.6 Å². The van der Waals surface area contributed by atoms with Crippen LogP contribution in [0.1, 0.15) is 5.76 Å². The highest BCUT2D eigenvalue weighted by Crippen LogP contribution is 2.25. The van der Waals surface area contributed by atoms with Gasteiger partial charge in [-0.15, -0.1) is 0 Å². The number of anilines is 1. The minimum absolute atomic E-state index is 0.319. The first-order chi connectivity index (χ1) is 7.79. The molecule has 0 saturated heterocycles. The van der Waals surface area contributed by atoms with Gasteiger partial charge in [0, 0.05) is 6.07 Å². The Bertz CT molecular complexity index is 454. The van der Waals surface area contributed by atoms with Crippen LogP contribution in [0.15, 0.2) is 41.0 Å². The lowest BCUT2D eigenvalue weighted by Gasteiger charge is -2.09. The van der Waals surface area contributed by atoms with Crippen LogP contribution in [-0.4, -0.2) is 7.11 Å². The van der Waals surface area contributed by atoms with E-state index in [0.29, 0.717) is 12.3 Å². The van der Waals surface area contributed by atoms with Gasteiger partial charge in [0.1, 0.15) is 17.3 Å². The second-order valence-electron chi connectivity index (χ2n) is 3.28. The molecule has 4 heteroatoms. The quantitative estimate of drug-likeness (QED) is 0.861. The number of rotatable bonds is 4. The highest BCUT2D eigenvalue weighted by molar-refractivity contribution is 5.56. The number of nitrogens with one attached hydrogen (secondary N) is 1. The van der Waals surface area contributed by atoms with Crippen LogP contribution in [0.25, 0.3) is 0 Å². The summed E-state index contributed by atoms with van der Waals surface area (Å²) in [5.74, 6) is 0.971. The largest absolute Gasteiger partial charge is 0.494 e.